The first kappa shape index (κ1) is 26.9. The average molecular weight is 500 g/mol. The highest BCUT2D eigenvalue weighted by Crippen LogP contribution is 2.29. The van der Waals surface area contributed by atoms with E-state index in [2.05, 4.69) is 5.32 Å². The first-order chi connectivity index (χ1) is 16.5. The number of carbonyl (C=O) groups is 2. The van der Waals surface area contributed by atoms with E-state index >= 15 is 0 Å². The van der Waals surface area contributed by atoms with Gasteiger partial charge in [-0.1, -0.05) is 52.8 Å². The first-order valence-electron chi connectivity index (χ1n) is 12.3. The molecule has 1 aliphatic heterocycles. The molecule has 1 saturated heterocycles. The molecular weight excluding hydrogens is 462 g/mol. The SMILES string of the molecule is CCc1ccccc1N1CC(C(=O)Nc2ccc(S(=O)(=O)N(CC(C)C)CC(C)C)cc2)CC1=O. The molecule has 2 amide bonds. The van der Waals surface area contributed by atoms with Crippen molar-refractivity contribution >= 4 is 33.2 Å². The number of anilines is 2. The Hall–Kier alpha value is -2.71. The summed E-state index contributed by atoms with van der Waals surface area (Å²) in [6, 6.07) is 14.0. The normalized spacial score (nSPS) is 16.5. The number of para-hydroxylation sites is 1. The molecule has 2 aromatic carbocycles. The molecule has 2 aromatic rings. The van der Waals surface area contributed by atoms with Gasteiger partial charge in [0, 0.05) is 37.4 Å². The standard InChI is InChI=1S/C27H37N3O4S/c1-6-21-9-7-8-10-25(21)30-18-22(15-26(30)31)27(32)28-23-11-13-24(14-12-23)35(33,34)29(16-19(2)3)17-20(4)5/h7-14,19-20,22H,6,15-18H2,1-5H3,(H,28,32). The van der Waals surface area contributed by atoms with E-state index in [1.54, 1.807) is 17.0 Å². The Morgan fingerprint density at radius 2 is 1.63 bits per heavy atom. The van der Waals surface area contributed by atoms with Crippen LogP contribution in [0.25, 0.3) is 0 Å². The Balaban J connectivity index is 1.69. The molecular formula is C27H37N3O4S. The Bertz CT molecular complexity index is 1130. The number of carbonyl (C=O) groups excluding carboxylic acids is 2. The fraction of sp³-hybridized carbons (Fsp3) is 0.481. The summed E-state index contributed by atoms with van der Waals surface area (Å²) in [5.41, 5.74) is 2.44. The van der Waals surface area contributed by atoms with E-state index in [9.17, 15) is 18.0 Å². The monoisotopic (exact) mass is 499 g/mol. The Kier molecular flexibility index (Phi) is 8.72. The number of amides is 2. The van der Waals surface area contributed by atoms with Gasteiger partial charge in [0.25, 0.3) is 0 Å². The second-order valence-electron chi connectivity index (χ2n) is 10.0. The largest absolute Gasteiger partial charge is 0.326 e. The summed E-state index contributed by atoms with van der Waals surface area (Å²) in [5, 5.41) is 2.85. The Morgan fingerprint density at radius 1 is 1.03 bits per heavy atom. The molecule has 35 heavy (non-hydrogen) atoms. The van der Waals surface area contributed by atoms with E-state index in [0.29, 0.717) is 25.3 Å². The van der Waals surface area contributed by atoms with Gasteiger partial charge in [0.1, 0.15) is 0 Å². The van der Waals surface area contributed by atoms with E-state index in [-0.39, 0.29) is 35.0 Å². The molecule has 8 heteroatoms. The molecule has 0 aliphatic carbocycles. The lowest BCUT2D eigenvalue weighted by Gasteiger charge is -2.25. The molecule has 1 unspecified atom stereocenters. The van der Waals surface area contributed by atoms with Gasteiger partial charge in [-0.2, -0.15) is 4.31 Å². The van der Waals surface area contributed by atoms with Gasteiger partial charge in [-0.25, -0.2) is 8.42 Å². The van der Waals surface area contributed by atoms with E-state index in [1.165, 1.54) is 16.4 Å². The van der Waals surface area contributed by atoms with Crippen LogP contribution in [0.1, 0.15) is 46.6 Å². The number of benzene rings is 2. The maximum Gasteiger partial charge on any atom is 0.243 e. The fourth-order valence-corrected chi connectivity index (χ4v) is 6.15. The van der Waals surface area contributed by atoms with E-state index < -0.39 is 15.9 Å². The van der Waals surface area contributed by atoms with Gasteiger partial charge in [0.15, 0.2) is 0 Å². The van der Waals surface area contributed by atoms with Crippen molar-refractivity contribution in [1.82, 2.24) is 4.31 Å². The van der Waals surface area contributed by atoms with Crippen LogP contribution in [-0.2, 0) is 26.0 Å². The van der Waals surface area contributed by atoms with Crippen LogP contribution in [0, 0.1) is 17.8 Å². The molecule has 1 fully saturated rings. The summed E-state index contributed by atoms with van der Waals surface area (Å²) in [4.78, 5) is 27.5. The lowest BCUT2D eigenvalue weighted by Crippen LogP contribution is -2.37. The molecule has 7 nitrogen and oxygen atoms in total. The van der Waals surface area contributed by atoms with Crippen molar-refractivity contribution in [2.45, 2.75) is 52.4 Å². The van der Waals surface area contributed by atoms with Crippen molar-refractivity contribution in [3.8, 4) is 0 Å². The minimum Gasteiger partial charge on any atom is -0.326 e. The Labute approximate surface area is 209 Å². The summed E-state index contributed by atoms with van der Waals surface area (Å²) in [7, 11) is -3.63. The van der Waals surface area contributed by atoms with Gasteiger partial charge in [0.05, 0.1) is 10.8 Å². The predicted molar refractivity (Wildman–Crippen MR) is 140 cm³/mol. The number of nitrogens with zero attached hydrogens (tertiary/aromatic N) is 2. The van der Waals surface area contributed by atoms with Crippen molar-refractivity contribution in [3.05, 3.63) is 54.1 Å². The quantitative estimate of drug-likeness (QED) is 0.520. The molecule has 3 rings (SSSR count). The summed E-state index contributed by atoms with van der Waals surface area (Å²) in [5.74, 6) is -0.363. The molecule has 1 N–H and O–H groups in total. The van der Waals surface area contributed by atoms with Crippen LogP contribution in [-0.4, -0.2) is 44.2 Å². The van der Waals surface area contributed by atoms with Crippen LogP contribution < -0.4 is 10.2 Å². The number of hydrogen-bond acceptors (Lipinski definition) is 4. The number of hydrogen-bond donors (Lipinski definition) is 1. The zero-order valence-electron chi connectivity index (χ0n) is 21.3. The molecule has 0 aromatic heterocycles. The second-order valence-corrected chi connectivity index (χ2v) is 11.9. The molecule has 1 aliphatic rings. The number of nitrogens with one attached hydrogen (secondary N) is 1. The summed E-state index contributed by atoms with van der Waals surface area (Å²) >= 11 is 0. The lowest BCUT2D eigenvalue weighted by molar-refractivity contribution is -0.122. The zero-order valence-corrected chi connectivity index (χ0v) is 22.1. The van der Waals surface area contributed by atoms with Gasteiger partial charge in [0.2, 0.25) is 21.8 Å². The van der Waals surface area contributed by atoms with Gasteiger partial charge < -0.3 is 10.2 Å². The van der Waals surface area contributed by atoms with Crippen LogP contribution in [0.15, 0.2) is 53.4 Å². The minimum absolute atomic E-state index is 0.0668. The van der Waals surface area contributed by atoms with E-state index in [1.807, 2.05) is 58.9 Å². The highest BCUT2D eigenvalue weighted by atomic mass is 32.2. The molecule has 1 heterocycles. The molecule has 0 saturated carbocycles. The lowest BCUT2D eigenvalue weighted by atomic mass is 10.1. The second kappa shape index (κ2) is 11.4. The predicted octanol–water partition coefficient (Wildman–Crippen LogP) is 4.54. The molecule has 190 valence electrons. The minimum atomic E-state index is -3.63. The van der Waals surface area contributed by atoms with Crippen molar-refractivity contribution in [2.75, 3.05) is 29.9 Å². The first-order valence-corrected chi connectivity index (χ1v) is 13.8. The van der Waals surface area contributed by atoms with Crippen LogP contribution >= 0.6 is 0 Å². The zero-order chi connectivity index (χ0) is 25.8. The van der Waals surface area contributed by atoms with Crippen LogP contribution in [0.3, 0.4) is 0 Å². The summed E-state index contributed by atoms with van der Waals surface area (Å²) in [6.45, 7) is 11.3. The molecule has 0 spiro atoms. The van der Waals surface area contributed by atoms with Crippen molar-refractivity contribution in [2.24, 2.45) is 17.8 Å². The van der Waals surface area contributed by atoms with Gasteiger partial charge in [-0.3, -0.25) is 9.59 Å². The summed E-state index contributed by atoms with van der Waals surface area (Å²) < 4.78 is 27.9. The Morgan fingerprint density at radius 3 is 2.20 bits per heavy atom. The van der Waals surface area contributed by atoms with Crippen molar-refractivity contribution in [1.29, 1.82) is 0 Å². The van der Waals surface area contributed by atoms with Gasteiger partial charge >= 0.3 is 0 Å². The third-order valence-corrected chi connectivity index (χ3v) is 7.90. The highest BCUT2D eigenvalue weighted by Gasteiger charge is 2.36. The maximum absolute atomic E-state index is 13.2. The number of sulfonamides is 1. The average Bonchev–Trinajstić information content (AvgIpc) is 3.20. The smallest absolute Gasteiger partial charge is 0.243 e. The third kappa shape index (κ3) is 6.49. The van der Waals surface area contributed by atoms with Gasteiger partial charge in [-0.05, 0) is 54.2 Å². The maximum atomic E-state index is 13.2. The van der Waals surface area contributed by atoms with E-state index in [4.69, 9.17) is 0 Å². The van der Waals surface area contributed by atoms with Crippen LogP contribution in [0.2, 0.25) is 0 Å². The van der Waals surface area contributed by atoms with Crippen molar-refractivity contribution < 1.29 is 18.0 Å². The number of aryl methyl sites for hydroxylation is 1. The third-order valence-electron chi connectivity index (χ3n) is 6.06. The molecule has 0 radical (unpaired) electrons. The fourth-order valence-electron chi connectivity index (χ4n) is 4.38. The summed E-state index contributed by atoms with van der Waals surface area (Å²) in [6.07, 6.45) is 0.952. The topological polar surface area (TPSA) is 86.8 Å². The molecule has 1 atom stereocenters. The van der Waals surface area contributed by atoms with Gasteiger partial charge in [-0.15, -0.1) is 0 Å². The van der Waals surface area contributed by atoms with Crippen LogP contribution in [0.5, 0.6) is 0 Å². The van der Waals surface area contributed by atoms with Crippen LogP contribution in [0.4, 0.5) is 11.4 Å². The highest BCUT2D eigenvalue weighted by molar-refractivity contribution is 7.89. The molecule has 0 bridgehead atoms. The van der Waals surface area contributed by atoms with Crippen molar-refractivity contribution in [3.63, 3.8) is 0 Å². The van der Waals surface area contributed by atoms with E-state index in [0.717, 1.165) is 17.7 Å². The number of rotatable bonds is 10.